The van der Waals surface area contributed by atoms with Gasteiger partial charge in [-0.2, -0.15) is 5.26 Å². The minimum Gasteiger partial charge on any atom is -0.469 e. The molecule has 0 saturated heterocycles. The van der Waals surface area contributed by atoms with Crippen LogP contribution in [0.3, 0.4) is 0 Å². The van der Waals surface area contributed by atoms with Crippen LogP contribution in [-0.2, 0) is 9.53 Å². The van der Waals surface area contributed by atoms with Crippen LogP contribution < -0.4 is 0 Å². The molecule has 2 aromatic rings. The number of carboxylic acid groups (broad SMARTS) is 1. The number of hydrogen-bond donors (Lipinski definition) is 1. The second kappa shape index (κ2) is 6.09. The highest BCUT2D eigenvalue weighted by Gasteiger charge is 2.24. The molecule has 6 heteroatoms. The minimum atomic E-state index is -1.14. The normalized spacial score (nSPS) is 11.8. The predicted molar refractivity (Wildman–Crippen MR) is 75.0 cm³/mol. The molecule has 0 bridgehead atoms. The maximum atomic E-state index is 11.5. The number of hydrogen-bond acceptors (Lipinski definition) is 4. The fourth-order valence-electron chi connectivity index (χ4n) is 2.42. The Morgan fingerprint density at radius 3 is 2.76 bits per heavy atom. The van der Waals surface area contributed by atoms with Crippen molar-refractivity contribution >= 4 is 22.8 Å². The van der Waals surface area contributed by atoms with Gasteiger partial charge >= 0.3 is 12.1 Å². The average Bonchev–Trinajstić information content (AvgIpc) is 2.86. The van der Waals surface area contributed by atoms with E-state index in [1.807, 2.05) is 6.07 Å². The van der Waals surface area contributed by atoms with Crippen LogP contribution in [0.25, 0.3) is 10.8 Å². The fraction of sp³-hybridized carbons (Fsp3) is 0.267. The molecule has 1 N–H and O–H groups in total. The van der Waals surface area contributed by atoms with Crippen molar-refractivity contribution in [3.8, 4) is 6.07 Å². The zero-order valence-corrected chi connectivity index (χ0v) is 11.4. The third-order valence-electron chi connectivity index (χ3n) is 3.34. The maximum absolute atomic E-state index is 11.5. The first-order chi connectivity index (χ1) is 10.1. The summed E-state index contributed by atoms with van der Waals surface area (Å²) in [5, 5.41) is 19.8. The van der Waals surface area contributed by atoms with E-state index in [2.05, 4.69) is 4.74 Å². The number of methoxy groups -OCH3 is 1. The van der Waals surface area contributed by atoms with Gasteiger partial charge in [-0.15, -0.1) is 0 Å². The number of nitrogens with zero attached hydrogens (tertiary/aromatic N) is 2. The number of aromatic nitrogens is 1. The molecule has 1 atom stereocenters. The van der Waals surface area contributed by atoms with Gasteiger partial charge in [-0.1, -0.05) is 24.3 Å². The molecule has 0 fully saturated rings. The van der Waals surface area contributed by atoms with Crippen LogP contribution in [0.5, 0.6) is 0 Å². The van der Waals surface area contributed by atoms with Crippen molar-refractivity contribution in [1.29, 1.82) is 5.26 Å². The van der Waals surface area contributed by atoms with Gasteiger partial charge in [0.2, 0.25) is 0 Å². The Bertz CT molecular complexity index is 727. The van der Waals surface area contributed by atoms with Gasteiger partial charge < -0.3 is 9.84 Å². The Kier molecular flexibility index (Phi) is 4.24. The van der Waals surface area contributed by atoms with Crippen molar-refractivity contribution < 1.29 is 19.4 Å². The summed E-state index contributed by atoms with van der Waals surface area (Å²) in [4.78, 5) is 22.9. The molecule has 1 aromatic heterocycles. The number of benzene rings is 1. The van der Waals surface area contributed by atoms with E-state index in [-0.39, 0.29) is 12.8 Å². The quantitative estimate of drug-likeness (QED) is 0.872. The summed E-state index contributed by atoms with van der Waals surface area (Å²) < 4.78 is 5.71. The van der Waals surface area contributed by atoms with Crippen molar-refractivity contribution in [2.24, 2.45) is 0 Å². The number of carbonyl (C=O) groups is 2. The molecule has 0 saturated carbocycles. The number of fused-ring (bicyclic) bond motifs is 1. The van der Waals surface area contributed by atoms with E-state index >= 15 is 0 Å². The Labute approximate surface area is 121 Å². The van der Waals surface area contributed by atoms with Crippen molar-refractivity contribution in [2.45, 2.75) is 18.8 Å². The predicted octanol–water partition coefficient (Wildman–Crippen LogP) is 2.73. The minimum absolute atomic E-state index is 0.0364. The average molecular weight is 286 g/mol. The van der Waals surface area contributed by atoms with E-state index in [0.29, 0.717) is 5.69 Å². The monoisotopic (exact) mass is 286 g/mol. The van der Waals surface area contributed by atoms with Gasteiger partial charge in [-0.3, -0.25) is 9.36 Å². The van der Waals surface area contributed by atoms with Crippen LogP contribution >= 0.6 is 0 Å². The Morgan fingerprint density at radius 2 is 2.14 bits per heavy atom. The molecule has 0 spiro atoms. The Morgan fingerprint density at radius 1 is 1.43 bits per heavy atom. The molecular formula is C15H14N2O4. The molecule has 2 rings (SSSR count). The van der Waals surface area contributed by atoms with Crippen molar-refractivity contribution in [3.05, 3.63) is 36.2 Å². The molecule has 0 aliphatic heterocycles. The van der Waals surface area contributed by atoms with Crippen molar-refractivity contribution in [2.75, 3.05) is 7.11 Å². The van der Waals surface area contributed by atoms with Gasteiger partial charge in [0.25, 0.3) is 0 Å². The molecule has 0 radical (unpaired) electrons. The van der Waals surface area contributed by atoms with E-state index in [9.17, 15) is 14.7 Å². The lowest BCUT2D eigenvalue weighted by Gasteiger charge is -2.14. The lowest BCUT2D eigenvalue weighted by atomic mass is 9.95. The molecule has 0 amide bonds. The highest BCUT2D eigenvalue weighted by molar-refractivity contribution is 5.91. The van der Waals surface area contributed by atoms with E-state index in [4.69, 9.17) is 5.26 Å². The number of esters is 1. The first kappa shape index (κ1) is 14.6. The van der Waals surface area contributed by atoms with Gasteiger partial charge in [-0.05, 0) is 0 Å². The zero-order valence-electron chi connectivity index (χ0n) is 11.4. The Balaban J connectivity index is 2.59. The van der Waals surface area contributed by atoms with Crippen LogP contribution in [-0.4, -0.2) is 28.8 Å². The Hall–Kier alpha value is -2.81. The molecule has 108 valence electrons. The van der Waals surface area contributed by atoms with Gasteiger partial charge in [0.05, 0.1) is 19.6 Å². The lowest BCUT2D eigenvalue weighted by Crippen LogP contribution is -2.16. The molecule has 6 nitrogen and oxygen atoms in total. The topological polar surface area (TPSA) is 92.3 Å². The lowest BCUT2D eigenvalue weighted by molar-refractivity contribution is -0.141. The summed E-state index contributed by atoms with van der Waals surface area (Å²) in [7, 11) is 1.26. The molecule has 0 aliphatic carbocycles. The second-order valence-electron chi connectivity index (χ2n) is 4.59. The van der Waals surface area contributed by atoms with Gasteiger partial charge in [0.15, 0.2) is 0 Å². The van der Waals surface area contributed by atoms with Crippen LogP contribution in [0.2, 0.25) is 0 Å². The van der Waals surface area contributed by atoms with E-state index in [0.717, 1.165) is 15.3 Å². The van der Waals surface area contributed by atoms with Crippen LogP contribution in [0, 0.1) is 11.3 Å². The van der Waals surface area contributed by atoms with E-state index < -0.39 is 18.0 Å². The number of carbonyl (C=O) groups excluding carboxylic acids is 1. The summed E-state index contributed by atoms with van der Waals surface area (Å²) in [6, 6.07) is 9.17. The second-order valence-corrected chi connectivity index (χ2v) is 4.59. The van der Waals surface area contributed by atoms with Crippen molar-refractivity contribution in [3.63, 3.8) is 0 Å². The summed E-state index contributed by atoms with van der Waals surface area (Å²) in [6.45, 7) is 0. The van der Waals surface area contributed by atoms with Gasteiger partial charge in [0.1, 0.15) is 0 Å². The molecule has 0 aliphatic rings. The molecule has 21 heavy (non-hydrogen) atoms. The largest absolute Gasteiger partial charge is 0.469 e. The third kappa shape index (κ3) is 2.87. The summed E-state index contributed by atoms with van der Waals surface area (Å²) in [5.41, 5.74) is 0.449. The van der Waals surface area contributed by atoms with Gasteiger partial charge in [0, 0.05) is 35.0 Å². The number of nitriles is 1. The smallest absolute Gasteiger partial charge is 0.415 e. The standard InChI is InChI=1S/C15H14N2O4/c1-21-13(18)8-10(6-7-16)14-12-5-3-2-4-11(12)9-17(14)15(19)20/h2-5,9-10H,6,8H2,1H3,(H,19,20). The highest BCUT2D eigenvalue weighted by atomic mass is 16.5. The van der Waals surface area contributed by atoms with Gasteiger partial charge in [-0.25, -0.2) is 4.79 Å². The summed E-state index contributed by atoms with van der Waals surface area (Å²) in [6.07, 6.45) is 0.352. The van der Waals surface area contributed by atoms with Crippen molar-refractivity contribution in [1.82, 2.24) is 4.57 Å². The zero-order chi connectivity index (χ0) is 15.4. The molecule has 1 unspecified atom stereocenters. The summed E-state index contributed by atoms with van der Waals surface area (Å²) in [5.74, 6) is -1.00. The third-order valence-corrected chi connectivity index (χ3v) is 3.34. The first-order valence-electron chi connectivity index (χ1n) is 6.35. The first-order valence-corrected chi connectivity index (χ1v) is 6.35. The highest BCUT2D eigenvalue weighted by Crippen LogP contribution is 2.32. The molecular weight excluding hydrogens is 272 g/mol. The molecule has 1 heterocycles. The SMILES string of the molecule is COC(=O)CC(CC#N)c1c2ccccc2cn1C(=O)O. The van der Waals surface area contributed by atoms with E-state index in [1.54, 1.807) is 24.3 Å². The van der Waals surface area contributed by atoms with Crippen LogP contribution in [0.1, 0.15) is 24.5 Å². The number of rotatable bonds is 4. The fourth-order valence-corrected chi connectivity index (χ4v) is 2.42. The number of ether oxygens (including phenoxy) is 1. The van der Waals surface area contributed by atoms with Crippen LogP contribution in [0.15, 0.2) is 30.5 Å². The molecule has 1 aromatic carbocycles. The maximum Gasteiger partial charge on any atom is 0.415 e. The van der Waals surface area contributed by atoms with E-state index in [1.165, 1.54) is 13.3 Å². The van der Waals surface area contributed by atoms with Crippen LogP contribution in [0.4, 0.5) is 4.79 Å². The summed E-state index contributed by atoms with van der Waals surface area (Å²) >= 11 is 0.